The highest BCUT2D eigenvalue weighted by Gasteiger charge is 2.35. The maximum Gasteiger partial charge on any atom is 0.418 e. The number of alkyl halides is 3. The Bertz CT molecular complexity index is 1380. The van der Waals surface area contributed by atoms with E-state index in [0.717, 1.165) is 42.0 Å². The zero-order valence-corrected chi connectivity index (χ0v) is 23.4. The van der Waals surface area contributed by atoms with Gasteiger partial charge in [0, 0.05) is 48.3 Å². The first-order valence-electron chi connectivity index (χ1n) is 13.7. The molecule has 1 unspecified atom stereocenters. The van der Waals surface area contributed by atoms with Crippen molar-refractivity contribution in [3.63, 3.8) is 0 Å². The van der Waals surface area contributed by atoms with Crippen molar-refractivity contribution >= 4 is 39.9 Å². The van der Waals surface area contributed by atoms with Crippen molar-refractivity contribution in [1.29, 1.82) is 0 Å². The van der Waals surface area contributed by atoms with Gasteiger partial charge in [0.2, 0.25) is 5.91 Å². The van der Waals surface area contributed by atoms with Gasteiger partial charge in [-0.1, -0.05) is 11.6 Å². The van der Waals surface area contributed by atoms with Crippen molar-refractivity contribution in [2.24, 2.45) is 5.18 Å². The second-order valence-corrected chi connectivity index (χ2v) is 11.1. The Morgan fingerprint density at radius 3 is 2.51 bits per heavy atom. The van der Waals surface area contributed by atoms with Crippen LogP contribution in [0.1, 0.15) is 50.0 Å². The third-order valence-electron chi connectivity index (χ3n) is 8.01. The monoisotopic (exact) mass is 592 g/mol. The summed E-state index contributed by atoms with van der Waals surface area (Å²) in [6, 6.07) is 11.0. The molecular weight excluding hydrogens is 561 g/mol. The molecule has 1 aromatic heterocycles. The lowest BCUT2D eigenvalue weighted by atomic mass is 9.92. The molecule has 1 atom stereocenters. The van der Waals surface area contributed by atoms with Crippen LogP contribution in [0.4, 0.5) is 24.5 Å². The molecule has 3 aromatic rings. The van der Waals surface area contributed by atoms with Gasteiger partial charge in [0.25, 0.3) is 0 Å². The molecule has 220 valence electrons. The quantitative estimate of drug-likeness (QED) is 0.280. The summed E-state index contributed by atoms with van der Waals surface area (Å²) in [5.41, 5.74) is -0.586. The molecule has 5 rings (SSSR count). The highest BCUT2D eigenvalue weighted by molar-refractivity contribution is 6.31. The molecule has 0 spiro atoms. The van der Waals surface area contributed by atoms with E-state index >= 15 is 0 Å². The first-order valence-corrected chi connectivity index (χ1v) is 14.1. The molecule has 2 heterocycles. The highest BCUT2D eigenvalue weighted by atomic mass is 35.5. The number of carbonyl (C=O) groups is 1. The Kier molecular flexibility index (Phi) is 8.86. The number of benzene rings is 2. The van der Waals surface area contributed by atoms with E-state index in [1.807, 2.05) is 29.2 Å². The van der Waals surface area contributed by atoms with E-state index in [2.05, 4.69) is 22.3 Å². The number of nitrogens with one attached hydrogen (secondary N) is 1. The molecule has 41 heavy (non-hydrogen) atoms. The summed E-state index contributed by atoms with van der Waals surface area (Å²) in [6.07, 6.45) is -1.96. The minimum Gasteiger partial charge on any atom is -0.459 e. The van der Waals surface area contributed by atoms with Gasteiger partial charge in [0.1, 0.15) is 23.6 Å². The second-order valence-electron chi connectivity index (χ2n) is 10.7. The van der Waals surface area contributed by atoms with Crippen molar-refractivity contribution in [1.82, 2.24) is 9.80 Å². The molecule has 1 saturated heterocycles. The van der Waals surface area contributed by atoms with Crippen molar-refractivity contribution in [3.8, 4) is 0 Å². The number of hydrogen-bond acceptors (Lipinski definition) is 7. The molecule has 0 bridgehead atoms. The van der Waals surface area contributed by atoms with Gasteiger partial charge in [-0.15, -0.1) is 4.91 Å². The van der Waals surface area contributed by atoms with Crippen LogP contribution in [0.15, 0.2) is 52.1 Å². The first-order chi connectivity index (χ1) is 19.6. The molecule has 1 aliphatic carbocycles. The van der Waals surface area contributed by atoms with Gasteiger partial charge in [-0.3, -0.25) is 9.69 Å². The Labute approximate surface area is 240 Å². The molecule has 8 nitrogen and oxygen atoms in total. The van der Waals surface area contributed by atoms with Gasteiger partial charge >= 0.3 is 6.18 Å². The van der Waals surface area contributed by atoms with E-state index < -0.39 is 17.4 Å². The number of nitroso groups, excluding NO2 is 1. The fraction of sp³-hybridized carbons (Fsp3) is 0.483. The molecule has 1 amide bonds. The summed E-state index contributed by atoms with van der Waals surface area (Å²) in [6.45, 7) is 4.76. The van der Waals surface area contributed by atoms with Crippen LogP contribution in [0.3, 0.4) is 0 Å². The predicted octanol–water partition coefficient (Wildman–Crippen LogP) is 7.15. The Balaban J connectivity index is 1.04. The number of rotatable bonds is 8. The molecule has 2 fully saturated rings. The van der Waals surface area contributed by atoms with Crippen molar-refractivity contribution in [2.75, 3.05) is 38.1 Å². The summed E-state index contributed by atoms with van der Waals surface area (Å²) in [4.78, 5) is 27.7. The molecule has 1 saturated carbocycles. The van der Waals surface area contributed by atoms with Crippen LogP contribution >= 0.6 is 11.6 Å². The van der Waals surface area contributed by atoms with Crippen LogP contribution in [-0.2, 0) is 15.7 Å². The third-order valence-corrected chi connectivity index (χ3v) is 8.25. The maximum absolute atomic E-state index is 13.2. The molecular formula is C29H32ClF3N4O4. The van der Waals surface area contributed by atoms with Crippen molar-refractivity contribution in [2.45, 2.75) is 57.0 Å². The van der Waals surface area contributed by atoms with E-state index in [0.29, 0.717) is 49.5 Å². The number of ether oxygens (including phenoxy) is 1. The highest BCUT2D eigenvalue weighted by Crippen LogP contribution is 2.38. The van der Waals surface area contributed by atoms with E-state index in [4.69, 9.17) is 20.8 Å². The first kappa shape index (κ1) is 29.3. The summed E-state index contributed by atoms with van der Waals surface area (Å²) in [5.74, 6) is 0.825. The van der Waals surface area contributed by atoms with Crippen LogP contribution < -0.4 is 5.32 Å². The molecule has 0 radical (unpaired) electrons. The molecule has 2 aromatic carbocycles. The van der Waals surface area contributed by atoms with Gasteiger partial charge in [-0.05, 0) is 80.2 Å². The zero-order chi connectivity index (χ0) is 29.1. The van der Waals surface area contributed by atoms with Crippen LogP contribution in [0.5, 0.6) is 0 Å². The molecule has 1 aliphatic heterocycles. The molecule has 12 heteroatoms. The lowest BCUT2D eigenvalue weighted by Crippen LogP contribution is -2.50. The Morgan fingerprint density at radius 2 is 1.83 bits per heavy atom. The van der Waals surface area contributed by atoms with Gasteiger partial charge in [-0.2, -0.15) is 13.2 Å². The zero-order valence-electron chi connectivity index (χ0n) is 22.6. The number of furan rings is 1. The van der Waals surface area contributed by atoms with E-state index in [1.54, 1.807) is 0 Å². The average Bonchev–Trinajstić information content (AvgIpc) is 3.39. The maximum atomic E-state index is 13.2. The number of amides is 1. The summed E-state index contributed by atoms with van der Waals surface area (Å²) >= 11 is 6.09. The van der Waals surface area contributed by atoms with Gasteiger partial charge in [0.05, 0.1) is 17.7 Å². The number of fused-ring (bicyclic) bond motifs is 1. The topological polar surface area (TPSA) is 87.4 Å². The summed E-state index contributed by atoms with van der Waals surface area (Å²) < 4.78 is 51.6. The van der Waals surface area contributed by atoms with Crippen molar-refractivity contribution in [3.05, 3.63) is 63.7 Å². The van der Waals surface area contributed by atoms with Crippen LogP contribution in [0.25, 0.3) is 11.0 Å². The minimum atomic E-state index is -4.66. The van der Waals surface area contributed by atoms with Crippen LogP contribution in [-0.4, -0.2) is 60.6 Å². The minimum absolute atomic E-state index is 0.0117. The van der Waals surface area contributed by atoms with E-state index in [-0.39, 0.29) is 30.7 Å². The fourth-order valence-electron chi connectivity index (χ4n) is 5.60. The standard InChI is InChI=1S/C29H32ClF3N4O4/c1-18(27-15-19-14-20(30)2-9-26(19)41-27)36-10-12-37(13-11-36)28(38)17-40-23-6-3-21(4-7-23)34-22-5-8-25(35-39)24(16-22)29(31,32)33/h2,5,8-9,14-16,18,21,23,34H,3-4,6-7,10-13,17H2,1H3. The summed E-state index contributed by atoms with van der Waals surface area (Å²) in [5, 5.41) is 7.24. The lowest BCUT2D eigenvalue weighted by Gasteiger charge is -2.37. The number of piperazine rings is 1. The normalized spacial score (nSPS) is 21.1. The molecule has 1 N–H and O–H groups in total. The van der Waals surface area contributed by atoms with Gasteiger partial charge in [0.15, 0.2) is 0 Å². The SMILES string of the molecule is CC(c1cc2cc(Cl)ccc2o1)N1CCN(C(=O)COC2CCC(Nc3ccc(N=O)c(C(F)(F)F)c3)CC2)CC1. The third kappa shape index (κ3) is 7.02. The lowest BCUT2D eigenvalue weighted by molar-refractivity contribution is -0.141. The number of carbonyl (C=O) groups excluding carboxylic acids is 1. The Morgan fingerprint density at radius 1 is 1.10 bits per heavy atom. The smallest absolute Gasteiger partial charge is 0.418 e. The Hall–Kier alpha value is -3.15. The predicted molar refractivity (Wildman–Crippen MR) is 150 cm³/mol. The van der Waals surface area contributed by atoms with Gasteiger partial charge in [-0.25, -0.2) is 0 Å². The second kappa shape index (κ2) is 12.4. The summed E-state index contributed by atoms with van der Waals surface area (Å²) in [7, 11) is 0. The van der Waals surface area contributed by atoms with Crippen molar-refractivity contribution < 1.29 is 27.1 Å². The van der Waals surface area contributed by atoms with E-state index in [1.165, 1.54) is 6.07 Å². The number of nitrogens with zero attached hydrogens (tertiary/aromatic N) is 3. The van der Waals surface area contributed by atoms with Crippen LogP contribution in [0, 0.1) is 4.91 Å². The van der Waals surface area contributed by atoms with E-state index in [9.17, 15) is 22.9 Å². The number of anilines is 1. The fourth-order valence-corrected chi connectivity index (χ4v) is 5.78. The van der Waals surface area contributed by atoms with Crippen LogP contribution in [0.2, 0.25) is 5.02 Å². The molecule has 2 aliphatic rings. The average molecular weight is 593 g/mol. The number of halogens is 4. The number of hydrogen-bond donors (Lipinski definition) is 1. The van der Waals surface area contributed by atoms with Gasteiger partial charge < -0.3 is 19.4 Å². The largest absolute Gasteiger partial charge is 0.459 e.